The molecule has 1 saturated carbocycles. The number of halogens is 2. The molecule has 0 amide bonds. The van der Waals surface area contributed by atoms with Crippen LogP contribution in [0.2, 0.25) is 0 Å². The predicted molar refractivity (Wildman–Crippen MR) is 89.4 cm³/mol. The molecule has 0 unspecified atom stereocenters. The first-order valence-corrected chi connectivity index (χ1v) is 9.43. The average molecular weight is 365 g/mol. The van der Waals surface area contributed by atoms with Crippen molar-refractivity contribution in [2.24, 2.45) is 0 Å². The SMILES string of the molecule is O=C1CCC(NS(=O)(=O)c2ccc(-c3ccc(F)cc3F)cc2)CC1. The van der Waals surface area contributed by atoms with E-state index in [4.69, 9.17) is 0 Å². The van der Waals surface area contributed by atoms with Gasteiger partial charge in [0.15, 0.2) is 0 Å². The third-order valence-electron chi connectivity index (χ3n) is 4.27. The maximum absolute atomic E-state index is 13.8. The molecule has 0 bridgehead atoms. The molecule has 0 atom stereocenters. The van der Waals surface area contributed by atoms with Crippen LogP contribution in [-0.4, -0.2) is 20.2 Å². The van der Waals surface area contributed by atoms with E-state index in [1.54, 1.807) is 0 Å². The highest BCUT2D eigenvalue weighted by Crippen LogP contribution is 2.25. The number of Topliss-reactive ketones (excluding diaryl/α,β-unsaturated/α-hetero) is 1. The van der Waals surface area contributed by atoms with Crippen molar-refractivity contribution in [1.29, 1.82) is 0 Å². The summed E-state index contributed by atoms with van der Waals surface area (Å²) in [6.45, 7) is 0. The van der Waals surface area contributed by atoms with Crippen LogP contribution in [0.1, 0.15) is 25.7 Å². The largest absolute Gasteiger partial charge is 0.300 e. The highest BCUT2D eigenvalue weighted by atomic mass is 32.2. The van der Waals surface area contributed by atoms with Crippen LogP contribution < -0.4 is 4.72 Å². The second-order valence-corrected chi connectivity index (χ2v) is 7.80. The van der Waals surface area contributed by atoms with Crippen molar-refractivity contribution < 1.29 is 22.0 Å². The van der Waals surface area contributed by atoms with Crippen LogP contribution in [0.5, 0.6) is 0 Å². The second-order valence-electron chi connectivity index (χ2n) is 6.08. The third kappa shape index (κ3) is 4.11. The van der Waals surface area contributed by atoms with E-state index >= 15 is 0 Å². The van der Waals surface area contributed by atoms with Crippen LogP contribution in [0, 0.1) is 11.6 Å². The van der Waals surface area contributed by atoms with Crippen LogP contribution in [0.4, 0.5) is 8.78 Å². The van der Waals surface area contributed by atoms with Gasteiger partial charge in [0.05, 0.1) is 4.90 Å². The summed E-state index contributed by atoms with van der Waals surface area (Å²) in [6.07, 6.45) is 1.76. The summed E-state index contributed by atoms with van der Waals surface area (Å²) in [6, 6.07) is 8.72. The third-order valence-corrected chi connectivity index (χ3v) is 5.81. The lowest BCUT2D eigenvalue weighted by Gasteiger charge is -2.22. The minimum Gasteiger partial charge on any atom is -0.300 e. The van der Waals surface area contributed by atoms with E-state index in [0.29, 0.717) is 31.2 Å². The normalized spacial score (nSPS) is 16.2. The lowest BCUT2D eigenvalue weighted by Crippen LogP contribution is -2.37. The molecule has 0 heterocycles. The Morgan fingerprint density at radius 3 is 2.20 bits per heavy atom. The minimum absolute atomic E-state index is 0.0654. The summed E-state index contributed by atoms with van der Waals surface area (Å²) in [5.41, 5.74) is 0.656. The van der Waals surface area contributed by atoms with Gasteiger partial charge >= 0.3 is 0 Å². The number of nitrogens with one attached hydrogen (secondary N) is 1. The fraction of sp³-hybridized carbons (Fsp3) is 0.278. The lowest BCUT2D eigenvalue weighted by molar-refractivity contribution is -0.120. The predicted octanol–water partition coefficient (Wildman–Crippen LogP) is 3.42. The molecule has 2 aromatic rings. The summed E-state index contributed by atoms with van der Waals surface area (Å²) in [7, 11) is -3.71. The van der Waals surface area contributed by atoms with E-state index in [0.717, 1.165) is 12.1 Å². The Hall–Kier alpha value is -2.12. The number of hydrogen-bond donors (Lipinski definition) is 1. The number of carbonyl (C=O) groups excluding carboxylic acids is 1. The minimum atomic E-state index is -3.71. The molecule has 7 heteroatoms. The van der Waals surface area contributed by atoms with Gasteiger partial charge in [-0.15, -0.1) is 0 Å². The van der Waals surface area contributed by atoms with Crippen LogP contribution >= 0.6 is 0 Å². The quantitative estimate of drug-likeness (QED) is 0.903. The van der Waals surface area contributed by atoms with Crippen LogP contribution in [0.25, 0.3) is 11.1 Å². The van der Waals surface area contributed by atoms with Crippen molar-refractivity contribution >= 4 is 15.8 Å². The van der Waals surface area contributed by atoms with Gasteiger partial charge in [0.2, 0.25) is 10.0 Å². The molecule has 3 rings (SSSR count). The second kappa shape index (κ2) is 7.01. The maximum atomic E-state index is 13.8. The Labute approximate surface area is 144 Å². The van der Waals surface area contributed by atoms with E-state index in [1.807, 2.05) is 0 Å². The molecule has 1 N–H and O–H groups in total. The van der Waals surface area contributed by atoms with Crippen LogP contribution in [0.3, 0.4) is 0 Å². The highest BCUT2D eigenvalue weighted by molar-refractivity contribution is 7.89. The number of sulfonamides is 1. The standard InChI is InChI=1S/C18H17F2NO3S/c19-13-3-10-17(18(20)11-13)12-1-8-16(9-2-12)25(23,24)21-14-4-6-15(22)7-5-14/h1-3,8-11,14,21H,4-7H2. The van der Waals surface area contributed by atoms with Gasteiger partial charge in [-0.25, -0.2) is 21.9 Å². The summed E-state index contributed by atoms with van der Waals surface area (Å²) < 4.78 is 54.2. The smallest absolute Gasteiger partial charge is 0.240 e. The van der Waals surface area contributed by atoms with E-state index in [2.05, 4.69) is 4.72 Å². The van der Waals surface area contributed by atoms with Gasteiger partial charge in [0, 0.05) is 30.5 Å². The van der Waals surface area contributed by atoms with Gasteiger partial charge in [-0.2, -0.15) is 0 Å². The van der Waals surface area contributed by atoms with Crippen molar-refractivity contribution in [2.45, 2.75) is 36.6 Å². The fourth-order valence-corrected chi connectivity index (χ4v) is 4.19. The molecule has 0 spiro atoms. The Balaban J connectivity index is 1.78. The van der Waals surface area contributed by atoms with Gasteiger partial charge in [0.25, 0.3) is 0 Å². The van der Waals surface area contributed by atoms with Gasteiger partial charge < -0.3 is 0 Å². The van der Waals surface area contributed by atoms with Gasteiger partial charge in [-0.1, -0.05) is 12.1 Å². The monoisotopic (exact) mass is 365 g/mol. The van der Waals surface area contributed by atoms with Crippen molar-refractivity contribution in [2.75, 3.05) is 0 Å². The first kappa shape index (κ1) is 17.7. The first-order valence-electron chi connectivity index (χ1n) is 7.95. The van der Waals surface area contributed by atoms with E-state index in [9.17, 15) is 22.0 Å². The summed E-state index contributed by atoms with van der Waals surface area (Å²) >= 11 is 0. The number of rotatable bonds is 4. The van der Waals surface area contributed by atoms with Gasteiger partial charge in [-0.3, -0.25) is 4.79 Å². The Morgan fingerprint density at radius 2 is 1.60 bits per heavy atom. The molecule has 4 nitrogen and oxygen atoms in total. The number of hydrogen-bond acceptors (Lipinski definition) is 3. The summed E-state index contributed by atoms with van der Waals surface area (Å²) in [5.74, 6) is -1.22. The maximum Gasteiger partial charge on any atom is 0.240 e. The topological polar surface area (TPSA) is 63.2 Å². The molecule has 0 saturated heterocycles. The molecule has 2 aromatic carbocycles. The number of ketones is 1. The van der Waals surface area contributed by atoms with Gasteiger partial charge in [-0.05, 0) is 42.7 Å². The Bertz CT molecular complexity index is 885. The van der Waals surface area contributed by atoms with Crippen LogP contribution in [-0.2, 0) is 14.8 Å². The highest BCUT2D eigenvalue weighted by Gasteiger charge is 2.24. The molecule has 1 aliphatic rings. The Morgan fingerprint density at radius 1 is 0.960 bits per heavy atom. The zero-order chi connectivity index (χ0) is 18.0. The summed E-state index contributed by atoms with van der Waals surface area (Å²) in [4.78, 5) is 11.3. The molecule has 0 aromatic heterocycles. The molecule has 0 radical (unpaired) electrons. The fourth-order valence-electron chi connectivity index (χ4n) is 2.88. The van der Waals surface area contributed by atoms with E-state index in [-0.39, 0.29) is 22.3 Å². The van der Waals surface area contributed by atoms with E-state index < -0.39 is 21.7 Å². The number of carbonyl (C=O) groups is 1. The van der Waals surface area contributed by atoms with E-state index in [1.165, 1.54) is 30.3 Å². The van der Waals surface area contributed by atoms with Crippen molar-refractivity contribution in [1.82, 2.24) is 4.72 Å². The molecular formula is C18H17F2NO3S. The van der Waals surface area contributed by atoms with Crippen molar-refractivity contribution in [3.05, 3.63) is 54.1 Å². The molecular weight excluding hydrogens is 348 g/mol. The molecule has 132 valence electrons. The zero-order valence-electron chi connectivity index (χ0n) is 13.3. The van der Waals surface area contributed by atoms with Gasteiger partial charge in [0.1, 0.15) is 17.4 Å². The molecule has 1 fully saturated rings. The first-order chi connectivity index (χ1) is 11.8. The number of benzene rings is 2. The Kier molecular flexibility index (Phi) is 4.96. The molecule has 0 aliphatic heterocycles. The zero-order valence-corrected chi connectivity index (χ0v) is 14.2. The molecule has 25 heavy (non-hydrogen) atoms. The average Bonchev–Trinajstić information content (AvgIpc) is 2.57. The van der Waals surface area contributed by atoms with Crippen LogP contribution in [0.15, 0.2) is 47.4 Å². The molecule has 1 aliphatic carbocycles. The van der Waals surface area contributed by atoms with Crippen molar-refractivity contribution in [3.8, 4) is 11.1 Å². The van der Waals surface area contributed by atoms with Crippen molar-refractivity contribution in [3.63, 3.8) is 0 Å². The lowest BCUT2D eigenvalue weighted by atomic mass is 9.95. The summed E-state index contributed by atoms with van der Waals surface area (Å²) in [5, 5.41) is 0.